The van der Waals surface area contributed by atoms with E-state index < -0.39 is 5.60 Å². The molecule has 1 atom stereocenters. The van der Waals surface area contributed by atoms with Crippen molar-refractivity contribution in [1.29, 1.82) is 0 Å². The van der Waals surface area contributed by atoms with Crippen LogP contribution >= 0.6 is 0 Å². The Kier molecular flexibility index (Phi) is 3.64. The lowest BCUT2D eigenvalue weighted by Gasteiger charge is -2.21. The average molecular weight is 373 g/mol. The summed E-state index contributed by atoms with van der Waals surface area (Å²) in [5.74, 6) is 1.14. The molecule has 2 N–H and O–H groups in total. The second-order valence-electron chi connectivity index (χ2n) is 7.18. The van der Waals surface area contributed by atoms with E-state index in [0.29, 0.717) is 24.3 Å². The number of benzene rings is 1. The number of nitrogens with one attached hydrogen (secondary N) is 1. The van der Waals surface area contributed by atoms with E-state index in [0.717, 1.165) is 27.9 Å². The van der Waals surface area contributed by atoms with Crippen molar-refractivity contribution < 1.29 is 14.3 Å². The number of pyridine rings is 1. The van der Waals surface area contributed by atoms with Crippen LogP contribution in [-0.4, -0.2) is 39.5 Å². The van der Waals surface area contributed by atoms with Crippen molar-refractivity contribution in [3.8, 4) is 22.6 Å². The van der Waals surface area contributed by atoms with Gasteiger partial charge in [-0.05, 0) is 35.9 Å². The van der Waals surface area contributed by atoms with E-state index in [2.05, 4.69) is 9.97 Å². The lowest BCUT2D eigenvalue weighted by atomic mass is 9.91. The Morgan fingerprint density at radius 2 is 2.04 bits per heavy atom. The third-order valence-corrected chi connectivity index (χ3v) is 5.46. The molecule has 4 heterocycles. The summed E-state index contributed by atoms with van der Waals surface area (Å²) in [4.78, 5) is 21.4. The van der Waals surface area contributed by atoms with Crippen LogP contribution in [0.5, 0.6) is 0 Å². The Labute approximate surface area is 161 Å². The first-order chi connectivity index (χ1) is 13.6. The monoisotopic (exact) mass is 373 g/mol. The molecule has 0 radical (unpaired) electrons. The molecule has 28 heavy (non-hydrogen) atoms. The molecule has 1 amide bonds. The minimum atomic E-state index is -1.47. The number of fused-ring (bicyclic) bond motifs is 1. The number of furan rings is 1. The molecule has 6 nitrogen and oxygen atoms in total. The Balaban J connectivity index is 1.52. The molecule has 0 saturated carbocycles. The van der Waals surface area contributed by atoms with E-state index in [9.17, 15) is 9.90 Å². The van der Waals surface area contributed by atoms with Crippen LogP contribution in [0.4, 0.5) is 0 Å². The van der Waals surface area contributed by atoms with Crippen molar-refractivity contribution in [3.63, 3.8) is 0 Å². The molecule has 1 fully saturated rings. The quantitative estimate of drug-likeness (QED) is 0.575. The van der Waals surface area contributed by atoms with Crippen LogP contribution in [0.2, 0.25) is 0 Å². The van der Waals surface area contributed by atoms with E-state index in [1.54, 1.807) is 24.2 Å². The molecule has 0 spiro atoms. The van der Waals surface area contributed by atoms with Gasteiger partial charge in [0.15, 0.2) is 5.60 Å². The Morgan fingerprint density at radius 3 is 2.86 bits per heavy atom. The molecule has 3 aromatic heterocycles. The van der Waals surface area contributed by atoms with Gasteiger partial charge in [0, 0.05) is 48.9 Å². The highest BCUT2D eigenvalue weighted by Crippen LogP contribution is 2.36. The largest absolute Gasteiger partial charge is 0.456 e. The number of likely N-dealkylation sites (N-methyl/N-ethyl adjacent to an activating group) is 1. The van der Waals surface area contributed by atoms with Crippen molar-refractivity contribution in [1.82, 2.24) is 14.9 Å². The van der Waals surface area contributed by atoms with Crippen LogP contribution in [0.3, 0.4) is 0 Å². The van der Waals surface area contributed by atoms with Gasteiger partial charge in [0.25, 0.3) is 5.91 Å². The third kappa shape index (κ3) is 2.46. The number of H-pyrrole nitrogens is 1. The molecule has 1 saturated heterocycles. The summed E-state index contributed by atoms with van der Waals surface area (Å²) in [6.45, 7) is 0.541. The first kappa shape index (κ1) is 16.8. The number of aromatic amines is 1. The van der Waals surface area contributed by atoms with E-state index in [1.165, 1.54) is 0 Å². The van der Waals surface area contributed by atoms with E-state index >= 15 is 0 Å². The second kappa shape index (κ2) is 6.07. The SMILES string of the molecule is CN1CCC(O)(c2cccc(-c3ccc(-c4c[nH]c5ncccc45)o3)c2)C1=O. The summed E-state index contributed by atoms with van der Waals surface area (Å²) < 4.78 is 6.10. The topological polar surface area (TPSA) is 82.4 Å². The molecular formula is C22H19N3O3. The zero-order valence-corrected chi connectivity index (χ0v) is 15.3. The molecule has 0 bridgehead atoms. The highest BCUT2D eigenvalue weighted by Gasteiger charge is 2.45. The molecule has 5 rings (SSSR count). The fourth-order valence-electron chi connectivity index (χ4n) is 3.85. The predicted molar refractivity (Wildman–Crippen MR) is 105 cm³/mol. The van der Waals surface area contributed by atoms with Gasteiger partial charge in [-0.3, -0.25) is 4.79 Å². The molecule has 1 aromatic carbocycles. The maximum atomic E-state index is 12.4. The van der Waals surface area contributed by atoms with Gasteiger partial charge in [-0.15, -0.1) is 0 Å². The second-order valence-corrected chi connectivity index (χ2v) is 7.18. The summed E-state index contributed by atoms with van der Waals surface area (Å²) in [6.07, 6.45) is 4.01. The van der Waals surface area contributed by atoms with Gasteiger partial charge in [-0.1, -0.05) is 18.2 Å². The van der Waals surface area contributed by atoms with E-state index in [4.69, 9.17) is 4.42 Å². The first-order valence-corrected chi connectivity index (χ1v) is 9.17. The van der Waals surface area contributed by atoms with E-state index in [-0.39, 0.29) is 5.91 Å². The minimum Gasteiger partial charge on any atom is -0.456 e. The van der Waals surface area contributed by atoms with Gasteiger partial charge in [-0.25, -0.2) is 4.98 Å². The number of amides is 1. The molecule has 4 aromatic rings. The van der Waals surface area contributed by atoms with Crippen LogP contribution in [0.15, 0.2) is 65.3 Å². The molecule has 1 unspecified atom stereocenters. The molecule has 1 aliphatic heterocycles. The number of aliphatic hydroxyl groups is 1. The molecule has 6 heteroatoms. The van der Waals surface area contributed by atoms with Crippen molar-refractivity contribution in [3.05, 3.63) is 66.5 Å². The van der Waals surface area contributed by atoms with Crippen molar-refractivity contribution in [2.45, 2.75) is 12.0 Å². The molecule has 140 valence electrons. The van der Waals surface area contributed by atoms with Gasteiger partial charge < -0.3 is 19.4 Å². The lowest BCUT2D eigenvalue weighted by molar-refractivity contribution is -0.143. The van der Waals surface area contributed by atoms with Crippen LogP contribution < -0.4 is 0 Å². The van der Waals surface area contributed by atoms with Crippen LogP contribution in [0.1, 0.15) is 12.0 Å². The maximum Gasteiger partial charge on any atom is 0.258 e. The van der Waals surface area contributed by atoms with Crippen molar-refractivity contribution >= 4 is 16.9 Å². The summed E-state index contributed by atoms with van der Waals surface area (Å²) >= 11 is 0. The third-order valence-electron chi connectivity index (χ3n) is 5.46. The summed E-state index contributed by atoms with van der Waals surface area (Å²) in [5.41, 5.74) is 1.69. The average Bonchev–Trinajstić information content (AvgIpc) is 3.43. The number of rotatable bonds is 3. The first-order valence-electron chi connectivity index (χ1n) is 9.17. The van der Waals surface area contributed by atoms with Gasteiger partial charge in [0.2, 0.25) is 0 Å². The number of aromatic nitrogens is 2. The van der Waals surface area contributed by atoms with E-state index in [1.807, 2.05) is 48.7 Å². The fourth-order valence-corrected chi connectivity index (χ4v) is 3.85. The van der Waals surface area contributed by atoms with Gasteiger partial charge in [0.1, 0.15) is 17.2 Å². The number of carbonyl (C=O) groups excluding carboxylic acids is 1. The summed E-state index contributed by atoms with van der Waals surface area (Å²) in [7, 11) is 1.71. The summed E-state index contributed by atoms with van der Waals surface area (Å²) in [6, 6.07) is 15.1. The van der Waals surface area contributed by atoms with Crippen molar-refractivity contribution in [2.75, 3.05) is 13.6 Å². The number of likely N-dealkylation sites (tertiary alicyclic amines) is 1. The van der Waals surface area contributed by atoms with Crippen molar-refractivity contribution in [2.24, 2.45) is 0 Å². The Bertz CT molecular complexity index is 1190. The number of hydrogen-bond acceptors (Lipinski definition) is 4. The zero-order valence-electron chi connectivity index (χ0n) is 15.3. The normalized spacial score (nSPS) is 19.6. The molecule has 1 aliphatic rings. The maximum absolute atomic E-state index is 12.4. The Morgan fingerprint density at radius 1 is 1.18 bits per heavy atom. The van der Waals surface area contributed by atoms with Crippen LogP contribution in [-0.2, 0) is 10.4 Å². The summed E-state index contributed by atoms with van der Waals surface area (Å²) in [5, 5.41) is 11.9. The standard InChI is InChI=1S/C22H19N3O3/c1-25-11-9-22(27,21(25)26)15-5-2-4-14(12-15)18-7-8-19(28-18)17-13-24-20-16(17)6-3-10-23-20/h2-8,10,12-13,27H,9,11H2,1H3,(H,23,24). The molecule has 0 aliphatic carbocycles. The zero-order chi connectivity index (χ0) is 19.3. The minimum absolute atomic E-state index is 0.268. The van der Waals surface area contributed by atoms with Gasteiger partial charge in [-0.2, -0.15) is 0 Å². The number of carbonyl (C=O) groups is 1. The predicted octanol–water partition coefficient (Wildman–Crippen LogP) is 3.54. The number of nitrogens with zero attached hydrogens (tertiary/aromatic N) is 2. The smallest absolute Gasteiger partial charge is 0.258 e. The number of hydrogen-bond donors (Lipinski definition) is 2. The van der Waals surface area contributed by atoms with Crippen LogP contribution in [0, 0.1) is 0 Å². The fraction of sp³-hybridized carbons (Fsp3) is 0.182. The van der Waals surface area contributed by atoms with Gasteiger partial charge in [0.05, 0.1) is 0 Å². The lowest BCUT2D eigenvalue weighted by Crippen LogP contribution is -2.36. The van der Waals surface area contributed by atoms with Crippen LogP contribution in [0.25, 0.3) is 33.7 Å². The Hall–Kier alpha value is -3.38. The highest BCUT2D eigenvalue weighted by atomic mass is 16.3. The van der Waals surface area contributed by atoms with Gasteiger partial charge >= 0.3 is 0 Å². The molecular weight excluding hydrogens is 354 g/mol. The highest BCUT2D eigenvalue weighted by molar-refractivity contribution is 5.92.